The fourth-order valence-electron chi connectivity index (χ4n) is 0.898. The first-order chi connectivity index (χ1) is 3.00. The fraction of sp³-hybridized carbons (Fsp3) is 0.833. The zero-order chi connectivity index (χ0) is 4.24. The van der Waals surface area contributed by atoms with Gasteiger partial charge in [-0.1, -0.05) is 19.3 Å². The minimum Gasteiger partial charge on any atom is -0.328 e. The average Bonchev–Trinajstić information content (AvgIpc) is 1.72. The normalized spacial score (nSPS) is 18.0. The van der Waals surface area contributed by atoms with Crippen molar-refractivity contribution in [2.24, 2.45) is 0 Å². The molecule has 0 saturated heterocycles. The van der Waals surface area contributed by atoms with Crippen LogP contribution in [-0.4, -0.2) is 0 Å². The topological polar surface area (TPSA) is 0 Å². The van der Waals surface area contributed by atoms with Gasteiger partial charge >= 0.3 is 0 Å². The van der Waals surface area contributed by atoms with Gasteiger partial charge in [0.05, 0.1) is 0 Å². The third-order valence-electron chi connectivity index (χ3n) is 1.32. The quantitative estimate of drug-likeness (QED) is 0.443. The van der Waals surface area contributed by atoms with Gasteiger partial charge in [0.25, 0.3) is 0 Å². The van der Waals surface area contributed by atoms with Crippen LogP contribution in [0.5, 0.6) is 0 Å². The molecule has 0 aromatic rings. The molecule has 0 atom stereocenters. The number of halogens is 1. The number of hydrogen-bond donors (Lipinski definition) is 0. The third kappa shape index (κ3) is 5.24. The molecule has 0 amide bonds. The molecule has 46 valence electrons. The molecule has 0 bridgehead atoms. The van der Waals surface area contributed by atoms with Crippen LogP contribution < -0.4 is 0 Å². The summed E-state index contributed by atoms with van der Waals surface area (Å²) in [4.78, 5) is 0. The molecular weight excluding hydrogens is 217 g/mol. The predicted molar refractivity (Wildman–Crippen MR) is 37.7 cm³/mol. The molecular formula is C6H12BrZn-. The Morgan fingerprint density at radius 2 is 1.38 bits per heavy atom. The molecule has 1 fully saturated rings. The summed E-state index contributed by atoms with van der Waals surface area (Å²) in [6, 6.07) is 0. The Balaban J connectivity index is 0. The van der Waals surface area contributed by atoms with Crippen molar-refractivity contribution in [3.8, 4) is 0 Å². The SMILES string of the molecule is Br.[CH-]1CCCCC1.[Zn]. The Morgan fingerprint density at radius 1 is 0.875 bits per heavy atom. The summed E-state index contributed by atoms with van der Waals surface area (Å²) in [5.41, 5.74) is 0. The molecule has 1 aliphatic rings. The monoisotopic (exact) mass is 227 g/mol. The van der Waals surface area contributed by atoms with Gasteiger partial charge in [0.15, 0.2) is 0 Å². The maximum absolute atomic E-state index is 2.39. The van der Waals surface area contributed by atoms with Gasteiger partial charge in [-0.05, 0) is 0 Å². The van der Waals surface area contributed by atoms with Crippen LogP contribution >= 0.6 is 17.0 Å². The van der Waals surface area contributed by atoms with Crippen molar-refractivity contribution in [1.29, 1.82) is 0 Å². The second-order valence-corrected chi connectivity index (χ2v) is 1.93. The fourth-order valence-corrected chi connectivity index (χ4v) is 0.898. The first-order valence-electron chi connectivity index (χ1n) is 2.82. The van der Waals surface area contributed by atoms with Crippen LogP contribution in [0.4, 0.5) is 0 Å². The molecule has 0 heterocycles. The largest absolute Gasteiger partial charge is 0.328 e. The average molecular weight is 229 g/mol. The van der Waals surface area contributed by atoms with E-state index in [-0.39, 0.29) is 36.5 Å². The van der Waals surface area contributed by atoms with Crippen LogP contribution in [0.25, 0.3) is 0 Å². The molecule has 1 saturated carbocycles. The van der Waals surface area contributed by atoms with Crippen LogP contribution in [0.3, 0.4) is 0 Å². The Morgan fingerprint density at radius 3 is 1.50 bits per heavy atom. The van der Waals surface area contributed by atoms with Crippen molar-refractivity contribution >= 4 is 17.0 Å². The third-order valence-corrected chi connectivity index (χ3v) is 1.32. The molecule has 0 aliphatic heterocycles. The van der Waals surface area contributed by atoms with Crippen LogP contribution in [-0.2, 0) is 19.5 Å². The molecule has 1 aliphatic carbocycles. The summed E-state index contributed by atoms with van der Waals surface area (Å²) in [5.74, 6) is 0. The second-order valence-electron chi connectivity index (χ2n) is 1.93. The van der Waals surface area contributed by atoms with Crippen LogP contribution in [0.1, 0.15) is 32.1 Å². The Hall–Kier alpha value is 1.10. The molecule has 0 aromatic carbocycles. The standard InChI is InChI=1S/C6H11.BrH.Zn/c1-2-4-6-5-3-1;;/h1H,2-6H2;1H;/q-1;;. The molecule has 0 aromatic heterocycles. The zero-order valence-electron chi connectivity index (χ0n) is 5.23. The summed E-state index contributed by atoms with van der Waals surface area (Å²) < 4.78 is 0. The molecule has 1 rings (SSSR count). The van der Waals surface area contributed by atoms with E-state index in [0.29, 0.717) is 0 Å². The first-order valence-corrected chi connectivity index (χ1v) is 2.82. The van der Waals surface area contributed by atoms with Crippen LogP contribution in [0.2, 0.25) is 0 Å². The van der Waals surface area contributed by atoms with E-state index < -0.39 is 0 Å². The Bertz CT molecular complexity index is 24.0. The smallest absolute Gasteiger partial charge is 0 e. The van der Waals surface area contributed by atoms with Gasteiger partial charge in [0.1, 0.15) is 0 Å². The molecule has 2 heteroatoms. The van der Waals surface area contributed by atoms with Gasteiger partial charge in [-0.15, -0.1) is 17.0 Å². The van der Waals surface area contributed by atoms with Crippen molar-refractivity contribution in [3.05, 3.63) is 6.42 Å². The van der Waals surface area contributed by atoms with Crippen molar-refractivity contribution in [3.63, 3.8) is 0 Å². The summed E-state index contributed by atoms with van der Waals surface area (Å²) in [5, 5.41) is 0. The van der Waals surface area contributed by atoms with E-state index >= 15 is 0 Å². The van der Waals surface area contributed by atoms with Crippen molar-refractivity contribution in [1.82, 2.24) is 0 Å². The zero-order valence-corrected chi connectivity index (χ0v) is 9.91. The van der Waals surface area contributed by atoms with E-state index in [9.17, 15) is 0 Å². The molecule has 0 N–H and O–H groups in total. The van der Waals surface area contributed by atoms with Gasteiger partial charge in [0, 0.05) is 19.5 Å². The van der Waals surface area contributed by atoms with Gasteiger partial charge in [-0.25, -0.2) is 0 Å². The maximum Gasteiger partial charge on any atom is 0 e. The van der Waals surface area contributed by atoms with Crippen molar-refractivity contribution in [2.75, 3.05) is 0 Å². The molecule has 8 heavy (non-hydrogen) atoms. The summed E-state index contributed by atoms with van der Waals surface area (Å²) >= 11 is 0. The van der Waals surface area contributed by atoms with Crippen LogP contribution in [0, 0.1) is 6.42 Å². The van der Waals surface area contributed by atoms with Crippen molar-refractivity contribution in [2.45, 2.75) is 32.1 Å². The summed E-state index contributed by atoms with van der Waals surface area (Å²) in [7, 11) is 0. The van der Waals surface area contributed by atoms with Gasteiger partial charge in [-0.2, -0.15) is 12.8 Å². The minimum atomic E-state index is 0. The number of hydrogen-bond acceptors (Lipinski definition) is 0. The summed E-state index contributed by atoms with van der Waals surface area (Å²) in [6.07, 6.45) is 9.50. The van der Waals surface area contributed by atoms with Gasteiger partial charge < -0.3 is 6.42 Å². The van der Waals surface area contributed by atoms with E-state index in [2.05, 4.69) is 6.42 Å². The Labute approximate surface area is 75.0 Å². The van der Waals surface area contributed by atoms with E-state index in [1.54, 1.807) is 0 Å². The van der Waals surface area contributed by atoms with E-state index in [1.165, 1.54) is 32.1 Å². The Kier molecular flexibility index (Phi) is 12.0. The van der Waals surface area contributed by atoms with E-state index in [1.807, 2.05) is 0 Å². The van der Waals surface area contributed by atoms with E-state index in [0.717, 1.165) is 0 Å². The predicted octanol–water partition coefficient (Wildman–Crippen LogP) is 2.73. The van der Waals surface area contributed by atoms with Crippen LogP contribution in [0.15, 0.2) is 0 Å². The van der Waals surface area contributed by atoms with E-state index in [4.69, 9.17) is 0 Å². The van der Waals surface area contributed by atoms with Gasteiger partial charge in [-0.3, -0.25) is 0 Å². The number of rotatable bonds is 0. The minimum absolute atomic E-state index is 0. The molecule has 0 radical (unpaired) electrons. The maximum atomic E-state index is 2.39. The van der Waals surface area contributed by atoms with Gasteiger partial charge in [0.2, 0.25) is 0 Å². The molecule has 0 unspecified atom stereocenters. The van der Waals surface area contributed by atoms with Crippen molar-refractivity contribution < 1.29 is 19.5 Å². The first kappa shape index (κ1) is 11.8. The summed E-state index contributed by atoms with van der Waals surface area (Å²) in [6.45, 7) is 0. The second kappa shape index (κ2) is 8.10. The molecule has 0 spiro atoms. The molecule has 0 nitrogen and oxygen atoms in total.